The third-order valence-corrected chi connectivity index (χ3v) is 6.50. The molecule has 1 heterocycles. The van der Waals surface area contributed by atoms with E-state index in [-0.39, 0.29) is 16.2 Å². The Bertz CT molecular complexity index is 1110. The third kappa shape index (κ3) is 5.18. The summed E-state index contributed by atoms with van der Waals surface area (Å²) in [4.78, 5) is 24.9. The standard InChI is InChI=1S/C21H21ClN2O6S/c1-3-30-15-8-4-13(5-9-15)19-18(20(25)29-2)17(23-21(26)24-19)12-31(27,28)16-10-6-14(22)7-11-16/h4-11,19H,3,12H2,1-2H3,(H2,23,24,26). The van der Waals surface area contributed by atoms with E-state index in [1.165, 1.54) is 31.4 Å². The van der Waals surface area contributed by atoms with E-state index in [0.717, 1.165) is 0 Å². The van der Waals surface area contributed by atoms with Gasteiger partial charge in [0.1, 0.15) is 5.75 Å². The van der Waals surface area contributed by atoms with Gasteiger partial charge in [0, 0.05) is 10.7 Å². The van der Waals surface area contributed by atoms with E-state index in [2.05, 4.69) is 10.6 Å². The lowest BCUT2D eigenvalue weighted by Crippen LogP contribution is -2.47. The van der Waals surface area contributed by atoms with Crippen LogP contribution in [0.5, 0.6) is 5.75 Å². The van der Waals surface area contributed by atoms with Crippen LogP contribution in [0.1, 0.15) is 18.5 Å². The number of hydrogen-bond donors (Lipinski definition) is 2. The molecule has 10 heteroatoms. The lowest BCUT2D eigenvalue weighted by atomic mass is 9.95. The number of benzene rings is 2. The Balaban J connectivity index is 2.04. The number of ether oxygens (including phenoxy) is 2. The van der Waals surface area contributed by atoms with E-state index in [4.69, 9.17) is 21.1 Å². The van der Waals surface area contributed by atoms with Crippen LogP contribution in [-0.4, -0.2) is 39.9 Å². The second kappa shape index (κ2) is 9.40. The summed E-state index contributed by atoms with van der Waals surface area (Å²) < 4.78 is 36.1. The molecule has 0 aromatic heterocycles. The molecule has 31 heavy (non-hydrogen) atoms. The molecule has 1 aliphatic rings. The number of halogens is 1. The van der Waals surface area contributed by atoms with Crippen molar-refractivity contribution >= 4 is 33.4 Å². The molecule has 2 aromatic rings. The number of rotatable bonds is 7. The topological polar surface area (TPSA) is 111 Å². The first-order valence-electron chi connectivity index (χ1n) is 9.35. The van der Waals surface area contributed by atoms with Crippen molar-refractivity contribution in [2.45, 2.75) is 17.9 Å². The minimum Gasteiger partial charge on any atom is -0.494 e. The molecule has 3 rings (SSSR count). The van der Waals surface area contributed by atoms with Gasteiger partial charge >= 0.3 is 12.0 Å². The fraction of sp³-hybridized carbons (Fsp3) is 0.238. The molecule has 0 radical (unpaired) electrons. The molecule has 2 amide bonds. The lowest BCUT2D eigenvalue weighted by molar-refractivity contribution is -0.136. The van der Waals surface area contributed by atoms with Gasteiger partial charge in [0.2, 0.25) is 0 Å². The minimum atomic E-state index is -3.88. The van der Waals surface area contributed by atoms with Gasteiger partial charge in [-0.3, -0.25) is 0 Å². The first-order chi connectivity index (χ1) is 14.7. The van der Waals surface area contributed by atoms with E-state index in [1.807, 2.05) is 6.92 Å². The number of methoxy groups -OCH3 is 1. The van der Waals surface area contributed by atoms with Gasteiger partial charge in [-0.25, -0.2) is 18.0 Å². The van der Waals surface area contributed by atoms with Crippen LogP contribution >= 0.6 is 11.6 Å². The molecule has 2 aromatic carbocycles. The van der Waals surface area contributed by atoms with E-state index >= 15 is 0 Å². The quantitative estimate of drug-likeness (QED) is 0.609. The molecule has 0 saturated heterocycles. The van der Waals surface area contributed by atoms with Gasteiger partial charge in [0.05, 0.1) is 36.0 Å². The summed E-state index contributed by atoms with van der Waals surface area (Å²) in [7, 11) is -2.69. The molecule has 2 N–H and O–H groups in total. The number of esters is 1. The second-order valence-corrected chi connectivity index (χ2v) is 9.06. The van der Waals surface area contributed by atoms with Gasteiger partial charge in [-0.1, -0.05) is 23.7 Å². The Morgan fingerprint density at radius 1 is 1.10 bits per heavy atom. The summed E-state index contributed by atoms with van der Waals surface area (Å²) in [5.74, 6) is -0.728. The van der Waals surface area contributed by atoms with Crippen LogP contribution in [0.25, 0.3) is 0 Å². The van der Waals surface area contributed by atoms with E-state index in [0.29, 0.717) is 22.9 Å². The number of nitrogens with one attached hydrogen (secondary N) is 2. The molecule has 1 unspecified atom stereocenters. The maximum absolute atomic E-state index is 12.9. The van der Waals surface area contributed by atoms with Gasteiger partial charge in [0.15, 0.2) is 9.84 Å². The highest BCUT2D eigenvalue weighted by atomic mass is 35.5. The Labute approximate surface area is 185 Å². The van der Waals surface area contributed by atoms with E-state index in [1.54, 1.807) is 24.3 Å². The van der Waals surface area contributed by atoms with Gasteiger partial charge in [-0.05, 0) is 48.9 Å². The number of hydrogen-bond acceptors (Lipinski definition) is 6. The number of carbonyl (C=O) groups excluding carboxylic acids is 2. The molecule has 1 atom stereocenters. The van der Waals surface area contributed by atoms with Crippen LogP contribution in [0.15, 0.2) is 64.7 Å². The number of amides is 2. The summed E-state index contributed by atoms with van der Waals surface area (Å²) in [5.41, 5.74) is 0.522. The fourth-order valence-electron chi connectivity index (χ4n) is 3.17. The fourth-order valence-corrected chi connectivity index (χ4v) is 4.62. The molecular weight excluding hydrogens is 444 g/mol. The van der Waals surface area contributed by atoms with Crippen molar-refractivity contribution in [2.24, 2.45) is 0 Å². The van der Waals surface area contributed by atoms with Gasteiger partial charge in [-0.2, -0.15) is 0 Å². The van der Waals surface area contributed by atoms with Gasteiger partial charge < -0.3 is 20.1 Å². The van der Waals surface area contributed by atoms with E-state index in [9.17, 15) is 18.0 Å². The summed E-state index contributed by atoms with van der Waals surface area (Å²) in [6, 6.07) is 10.9. The molecule has 0 aliphatic carbocycles. The van der Waals surface area contributed by atoms with Crippen molar-refractivity contribution in [1.82, 2.24) is 10.6 Å². The largest absolute Gasteiger partial charge is 0.494 e. The SMILES string of the molecule is CCOc1ccc(C2NC(=O)NC(CS(=O)(=O)c3ccc(Cl)cc3)=C2C(=O)OC)cc1. The molecule has 0 bridgehead atoms. The van der Waals surface area contributed by atoms with Crippen LogP contribution in [0.3, 0.4) is 0 Å². The normalized spacial score (nSPS) is 16.4. The van der Waals surface area contributed by atoms with Crippen molar-refractivity contribution in [2.75, 3.05) is 19.5 Å². The van der Waals surface area contributed by atoms with Crippen LogP contribution < -0.4 is 15.4 Å². The molecular formula is C21H21ClN2O6S. The molecule has 0 fully saturated rings. The van der Waals surface area contributed by atoms with E-state index < -0.39 is 33.6 Å². The molecule has 0 spiro atoms. The van der Waals surface area contributed by atoms with Crippen molar-refractivity contribution in [3.63, 3.8) is 0 Å². The maximum Gasteiger partial charge on any atom is 0.338 e. The molecule has 8 nitrogen and oxygen atoms in total. The summed E-state index contributed by atoms with van der Waals surface area (Å²) in [6.07, 6.45) is 0. The zero-order valence-electron chi connectivity index (χ0n) is 16.8. The minimum absolute atomic E-state index is 0.00352. The Morgan fingerprint density at radius 2 is 1.74 bits per heavy atom. The Hall–Kier alpha value is -3.04. The highest BCUT2D eigenvalue weighted by Crippen LogP contribution is 2.30. The maximum atomic E-state index is 12.9. The number of sulfone groups is 1. The lowest BCUT2D eigenvalue weighted by Gasteiger charge is -2.29. The summed E-state index contributed by atoms with van der Waals surface area (Å²) in [6.45, 7) is 2.34. The zero-order valence-corrected chi connectivity index (χ0v) is 18.4. The number of urea groups is 1. The first kappa shape index (κ1) is 22.6. The Kier molecular flexibility index (Phi) is 6.87. The van der Waals surface area contributed by atoms with Crippen LogP contribution in [0, 0.1) is 0 Å². The highest BCUT2D eigenvalue weighted by molar-refractivity contribution is 7.91. The van der Waals surface area contributed by atoms with Crippen molar-refractivity contribution < 1.29 is 27.5 Å². The Morgan fingerprint density at radius 3 is 2.32 bits per heavy atom. The predicted molar refractivity (Wildman–Crippen MR) is 115 cm³/mol. The average molecular weight is 465 g/mol. The van der Waals surface area contributed by atoms with Gasteiger partial charge in [-0.15, -0.1) is 0 Å². The van der Waals surface area contributed by atoms with Crippen molar-refractivity contribution in [1.29, 1.82) is 0 Å². The monoisotopic (exact) mass is 464 g/mol. The second-order valence-electron chi connectivity index (χ2n) is 6.63. The van der Waals surface area contributed by atoms with Gasteiger partial charge in [0.25, 0.3) is 0 Å². The molecule has 0 saturated carbocycles. The smallest absolute Gasteiger partial charge is 0.338 e. The highest BCUT2D eigenvalue weighted by Gasteiger charge is 2.35. The molecule has 1 aliphatic heterocycles. The van der Waals surface area contributed by atoms with Crippen LogP contribution in [0.4, 0.5) is 4.79 Å². The van der Waals surface area contributed by atoms with Crippen molar-refractivity contribution in [3.8, 4) is 5.75 Å². The third-order valence-electron chi connectivity index (χ3n) is 4.59. The summed E-state index contributed by atoms with van der Waals surface area (Å²) >= 11 is 5.83. The van der Waals surface area contributed by atoms with Crippen molar-refractivity contribution in [3.05, 3.63) is 70.4 Å². The number of carbonyl (C=O) groups is 2. The summed E-state index contributed by atoms with van der Waals surface area (Å²) in [5, 5.41) is 5.49. The van der Waals surface area contributed by atoms with Crippen LogP contribution in [-0.2, 0) is 19.4 Å². The predicted octanol–water partition coefficient (Wildman–Crippen LogP) is 2.99. The zero-order chi connectivity index (χ0) is 22.6. The van der Waals surface area contributed by atoms with Crippen LogP contribution in [0.2, 0.25) is 5.02 Å². The average Bonchev–Trinajstić information content (AvgIpc) is 2.73. The molecule has 164 valence electrons. The first-order valence-corrected chi connectivity index (χ1v) is 11.4.